The summed E-state index contributed by atoms with van der Waals surface area (Å²) in [4.78, 5) is 0. The van der Waals surface area contributed by atoms with Crippen LogP contribution in [0.4, 0.5) is 8.78 Å². The second-order valence-electron chi connectivity index (χ2n) is 2.94. The first-order chi connectivity index (χ1) is 6.70. The number of ether oxygens (including phenoxy) is 2. The Morgan fingerprint density at radius 3 is 2.79 bits per heavy atom. The van der Waals surface area contributed by atoms with Gasteiger partial charge >= 0.3 is 0 Å². The van der Waals surface area contributed by atoms with E-state index in [9.17, 15) is 8.78 Å². The maximum absolute atomic E-state index is 12.4. The van der Waals surface area contributed by atoms with E-state index in [2.05, 4.69) is 0 Å². The molecule has 1 aliphatic rings. The number of nitrogens with two attached hydrogens (primary N) is 1. The molecule has 0 bridgehead atoms. The highest BCUT2D eigenvalue weighted by Gasteiger charge is 2.26. The van der Waals surface area contributed by atoms with Crippen LogP contribution in [0.15, 0.2) is 18.2 Å². The van der Waals surface area contributed by atoms with Crippen LogP contribution < -0.4 is 15.2 Å². The molecule has 0 fully saturated rings. The summed E-state index contributed by atoms with van der Waals surface area (Å²) in [5.74, 6) is 0.805. The van der Waals surface area contributed by atoms with Crippen molar-refractivity contribution in [2.45, 2.75) is 12.5 Å². The zero-order valence-corrected chi connectivity index (χ0v) is 7.24. The molecule has 2 rings (SSSR count). The first kappa shape index (κ1) is 9.21. The van der Waals surface area contributed by atoms with Crippen molar-refractivity contribution in [2.24, 2.45) is 5.73 Å². The monoisotopic (exact) mass is 201 g/mol. The fraction of sp³-hybridized carbons (Fsp3) is 0.333. The summed E-state index contributed by atoms with van der Waals surface area (Å²) >= 11 is 0. The highest BCUT2D eigenvalue weighted by Crippen LogP contribution is 2.38. The summed E-state index contributed by atoms with van der Waals surface area (Å²) in [5.41, 5.74) is 5.61. The van der Waals surface area contributed by atoms with Crippen LogP contribution in [0.3, 0.4) is 0 Å². The van der Waals surface area contributed by atoms with Gasteiger partial charge in [0.25, 0.3) is 6.43 Å². The molecule has 0 aliphatic carbocycles. The van der Waals surface area contributed by atoms with Crippen LogP contribution in [0.2, 0.25) is 0 Å². The van der Waals surface area contributed by atoms with Crippen molar-refractivity contribution in [3.63, 3.8) is 0 Å². The van der Waals surface area contributed by atoms with Gasteiger partial charge in [0.2, 0.25) is 6.79 Å². The van der Waals surface area contributed by atoms with Crippen molar-refractivity contribution >= 4 is 0 Å². The minimum Gasteiger partial charge on any atom is -0.454 e. The van der Waals surface area contributed by atoms with Crippen LogP contribution in [0.1, 0.15) is 11.6 Å². The minimum absolute atomic E-state index is 0.0578. The van der Waals surface area contributed by atoms with Gasteiger partial charge in [0.15, 0.2) is 11.5 Å². The Hall–Kier alpha value is -1.36. The topological polar surface area (TPSA) is 44.5 Å². The molecule has 1 heterocycles. The molecule has 1 unspecified atom stereocenters. The predicted octanol–water partition coefficient (Wildman–Crippen LogP) is 1.68. The highest BCUT2D eigenvalue weighted by atomic mass is 19.3. The number of halogens is 2. The second-order valence-corrected chi connectivity index (χ2v) is 2.94. The molecule has 1 aromatic carbocycles. The third-order valence-electron chi connectivity index (χ3n) is 2.06. The van der Waals surface area contributed by atoms with Crippen LogP contribution in [0.25, 0.3) is 0 Å². The number of alkyl halides is 2. The van der Waals surface area contributed by atoms with E-state index in [1.807, 2.05) is 0 Å². The zero-order valence-electron chi connectivity index (χ0n) is 7.24. The molecule has 0 saturated carbocycles. The number of rotatable bonds is 2. The molecule has 0 radical (unpaired) electrons. The van der Waals surface area contributed by atoms with Gasteiger partial charge in [-0.3, -0.25) is 0 Å². The first-order valence-electron chi connectivity index (χ1n) is 4.12. The smallest absolute Gasteiger partial charge is 0.257 e. The summed E-state index contributed by atoms with van der Waals surface area (Å²) < 4.78 is 34.8. The number of fused-ring (bicyclic) bond motifs is 1. The summed E-state index contributed by atoms with van der Waals surface area (Å²) in [6.07, 6.45) is -2.61. The Labute approximate surface area is 79.4 Å². The van der Waals surface area contributed by atoms with E-state index < -0.39 is 12.5 Å². The summed E-state index contributed by atoms with van der Waals surface area (Å²) in [5, 5.41) is 0. The maximum atomic E-state index is 12.4. The normalized spacial score (nSPS) is 16.0. The van der Waals surface area contributed by atoms with E-state index >= 15 is 0 Å². The lowest BCUT2D eigenvalue weighted by Crippen LogP contribution is -2.19. The van der Waals surface area contributed by atoms with Crippen LogP contribution in [-0.4, -0.2) is 13.2 Å². The van der Waals surface area contributed by atoms with Crippen LogP contribution in [0.5, 0.6) is 11.5 Å². The van der Waals surface area contributed by atoms with Gasteiger partial charge < -0.3 is 15.2 Å². The van der Waals surface area contributed by atoms with Gasteiger partial charge in [-0.05, 0) is 6.07 Å². The highest BCUT2D eigenvalue weighted by molar-refractivity contribution is 5.49. The largest absolute Gasteiger partial charge is 0.454 e. The van der Waals surface area contributed by atoms with Crippen molar-refractivity contribution < 1.29 is 18.3 Å². The van der Waals surface area contributed by atoms with Crippen molar-refractivity contribution in [3.05, 3.63) is 23.8 Å². The van der Waals surface area contributed by atoms with Gasteiger partial charge in [0, 0.05) is 5.56 Å². The number of benzene rings is 1. The molecule has 3 nitrogen and oxygen atoms in total. The average Bonchev–Trinajstić information content (AvgIpc) is 2.63. The van der Waals surface area contributed by atoms with E-state index in [4.69, 9.17) is 15.2 Å². The van der Waals surface area contributed by atoms with Gasteiger partial charge in [-0.25, -0.2) is 8.78 Å². The average molecular weight is 201 g/mol. The SMILES string of the molecule is NC(c1cccc2c1OCO2)C(F)F. The Kier molecular flexibility index (Phi) is 2.25. The molecule has 76 valence electrons. The molecule has 0 amide bonds. The molecule has 5 heteroatoms. The van der Waals surface area contributed by atoms with Crippen LogP contribution in [0, 0.1) is 0 Å². The lowest BCUT2D eigenvalue weighted by Gasteiger charge is -2.12. The van der Waals surface area contributed by atoms with Crippen molar-refractivity contribution in [2.75, 3.05) is 6.79 Å². The van der Waals surface area contributed by atoms with Crippen molar-refractivity contribution in [1.29, 1.82) is 0 Å². The standard InChI is InChI=1S/C9H9F2NO2/c10-9(11)7(12)5-2-1-3-6-8(5)14-4-13-6/h1-3,7,9H,4,12H2. The Bertz CT molecular complexity index is 344. The maximum Gasteiger partial charge on any atom is 0.257 e. The zero-order chi connectivity index (χ0) is 10.1. The lowest BCUT2D eigenvalue weighted by atomic mass is 10.1. The van der Waals surface area contributed by atoms with Crippen LogP contribution >= 0.6 is 0 Å². The minimum atomic E-state index is -2.61. The van der Waals surface area contributed by atoms with E-state index in [-0.39, 0.29) is 12.4 Å². The molecule has 0 aromatic heterocycles. The molecule has 2 N–H and O–H groups in total. The van der Waals surface area contributed by atoms with Gasteiger partial charge in [0.05, 0.1) is 6.04 Å². The van der Waals surface area contributed by atoms with Gasteiger partial charge in [-0.1, -0.05) is 12.1 Å². The van der Waals surface area contributed by atoms with E-state index in [0.29, 0.717) is 11.5 Å². The predicted molar refractivity (Wildman–Crippen MR) is 45.5 cm³/mol. The van der Waals surface area contributed by atoms with E-state index in [0.717, 1.165) is 0 Å². The van der Waals surface area contributed by atoms with Crippen molar-refractivity contribution in [1.82, 2.24) is 0 Å². The number of hydrogen-bond donors (Lipinski definition) is 1. The molecule has 0 saturated heterocycles. The van der Waals surface area contributed by atoms with Crippen molar-refractivity contribution in [3.8, 4) is 11.5 Å². The molecule has 1 atom stereocenters. The Morgan fingerprint density at radius 1 is 1.29 bits per heavy atom. The first-order valence-corrected chi connectivity index (χ1v) is 4.12. The quantitative estimate of drug-likeness (QED) is 0.791. The third kappa shape index (κ3) is 1.39. The van der Waals surface area contributed by atoms with E-state index in [1.165, 1.54) is 6.07 Å². The summed E-state index contributed by atoms with van der Waals surface area (Å²) in [6, 6.07) is 3.46. The molecule has 1 aromatic rings. The second kappa shape index (κ2) is 3.42. The van der Waals surface area contributed by atoms with Gasteiger partial charge in [-0.2, -0.15) is 0 Å². The fourth-order valence-corrected chi connectivity index (χ4v) is 1.35. The molecule has 14 heavy (non-hydrogen) atoms. The van der Waals surface area contributed by atoms with Gasteiger partial charge in [-0.15, -0.1) is 0 Å². The fourth-order valence-electron chi connectivity index (χ4n) is 1.35. The van der Waals surface area contributed by atoms with Crippen LogP contribution in [-0.2, 0) is 0 Å². The third-order valence-corrected chi connectivity index (χ3v) is 2.06. The molecule has 1 aliphatic heterocycles. The summed E-state index contributed by atoms with van der Waals surface area (Å²) in [6.45, 7) is 0.0578. The number of hydrogen-bond acceptors (Lipinski definition) is 3. The Balaban J connectivity index is 2.39. The molecular formula is C9H9F2NO2. The Morgan fingerprint density at radius 2 is 2.07 bits per heavy atom. The molecular weight excluding hydrogens is 192 g/mol. The summed E-state index contributed by atoms with van der Waals surface area (Å²) in [7, 11) is 0. The molecule has 0 spiro atoms. The number of para-hydroxylation sites is 1. The van der Waals surface area contributed by atoms with Gasteiger partial charge in [0.1, 0.15) is 0 Å². The van der Waals surface area contributed by atoms with E-state index in [1.54, 1.807) is 12.1 Å². The lowest BCUT2D eigenvalue weighted by molar-refractivity contribution is 0.114.